The van der Waals surface area contributed by atoms with Gasteiger partial charge in [0.25, 0.3) is 0 Å². The van der Waals surface area contributed by atoms with Gasteiger partial charge in [0.05, 0.1) is 6.20 Å². The van der Waals surface area contributed by atoms with Gasteiger partial charge < -0.3 is 5.73 Å². The first kappa shape index (κ1) is 7.80. The van der Waals surface area contributed by atoms with Crippen molar-refractivity contribution in [3.05, 3.63) is 17.5 Å². The quantitative estimate of drug-likeness (QED) is 0.656. The topological polar surface area (TPSA) is 54.7 Å². The van der Waals surface area contributed by atoms with E-state index in [9.17, 15) is 0 Å². The molecule has 3 N–H and O–H groups in total. The average Bonchev–Trinajstić information content (AvgIpc) is 2.49. The number of hydrogen-bond donors (Lipinski definition) is 2. The second-order valence-electron chi connectivity index (χ2n) is 3.66. The highest BCUT2D eigenvalue weighted by Gasteiger charge is 2.24. The lowest BCUT2D eigenvalue weighted by Gasteiger charge is -2.24. The molecule has 0 bridgehead atoms. The smallest absolute Gasteiger partial charge is 0.0525 e. The van der Waals surface area contributed by atoms with E-state index in [1.165, 1.54) is 24.1 Å². The molecule has 1 aliphatic rings. The largest absolute Gasteiger partial charge is 0.327 e. The maximum absolute atomic E-state index is 5.90. The molecular weight excluding hydrogens is 150 g/mol. The van der Waals surface area contributed by atoms with E-state index in [4.69, 9.17) is 5.73 Å². The van der Waals surface area contributed by atoms with E-state index >= 15 is 0 Å². The number of aromatic nitrogens is 2. The molecule has 0 amide bonds. The molecule has 2 rings (SSSR count). The van der Waals surface area contributed by atoms with E-state index in [1.807, 2.05) is 6.20 Å². The number of H-pyrrole nitrogens is 1. The first-order valence-corrected chi connectivity index (χ1v) is 4.56. The van der Waals surface area contributed by atoms with Gasteiger partial charge >= 0.3 is 0 Å². The summed E-state index contributed by atoms with van der Waals surface area (Å²) in [4.78, 5) is 0. The van der Waals surface area contributed by atoms with Crippen LogP contribution < -0.4 is 5.73 Å². The highest BCUT2D eigenvalue weighted by Crippen LogP contribution is 2.31. The summed E-state index contributed by atoms with van der Waals surface area (Å²) in [5.41, 5.74) is 8.54. The summed E-state index contributed by atoms with van der Waals surface area (Å²) in [7, 11) is 0. The zero-order chi connectivity index (χ0) is 8.55. The van der Waals surface area contributed by atoms with Crippen molar-refractivity contribution in [3.8, 4) is 0 Å². The second kappa shape index (κ2) is 2.90. The molecule has 66 valence electrons. The van der Waals surface area contributed by atoms with Crippen molar-refractivity contribution in [1.29, 1.82) is 0 Å². The van der Waals surface area contributed by atoms with Crippen LogP contribution in [-0.4, -0.2) is 16.2 Å². The van der Waals surface area contributed by atoms with Crippen molar-refractivity contribution in [1.82, 2.24) is 10.2 Å². The lowest BCUT2D eigenvalue weighted by molar-refractivity contribution is 0.483. The van der Waals surface area contributed by atoms with Crippen molar-refractivity contribution in [2.24, 2.45) is 5.73 Å². The minimum absolute atomic E-state index is 0.252. The van der Waals surface area contributed by atoms with Gasteiger partial charge in [-0.2, -0.15) is 5.10 Å². The molecule has 1 aromatic heterocycles. The van der Waals surface area contributed by atoms with Gasteiger partial charge in [-0.3, -0.25) is 5.10 Å². The van der Waals surface area contributed by atoms with Crippen molar-refractivity contribution in [2.75, 3.05) is 0 Å². The Balaban J connectivity index is 2.31. The number of fused-ring (bicyclic) bond motifs is 1. The third-order valence-corrected chi connectivity index (χ3v) is 2.73. The zero-order valence-corrected chi connectivity index (χ0v) is 7.38. The number of hydrogen-bond acceptors (Lipinski definition) is 2. The van der Waals surface area contributed by atoms with E-state index in [0.29, 0.717) is 5.92 Å². The molecule has 0 fully saturated rings. The molecule has 0 radical (unpaired) electrons. The number of aryl methyl sites for hydroxylation is 1. The highest BCUT2D eigenvalue weighted by atomic mass is 15.1. The SMILES string of the molecule is CC(N)C1CCCc2[nH]ncc21. The fraction of sp³-hybridized carbons (Fsp3) is 0.667. The van der Waals surface area contributed by atoms with Crippen molar-refractivity contribution in [2.45, 2.75) is 38.1 Å². The highest BCUT2D eigenvalue weighted by molar-refractivity contribution is 5.25. The molecule has 0 aromatic carbocycles. The Labute approximate surface area is 72.4 Å². The van der Waals surface area contributed by atoms with Gasteiger partial charge in [0, 0.05) is 17.7 Å². The van der Waals surface area contributed by atoms with E-state index in [1.54, 1.807) is 0 Å². The number of nitrogens with two attached hydrogens (primary N) is 1. The van der Waals surface area contributed by atoms with Crippen LogP contribution in [0, 0.1) is 0 Å². The Bertz CT molecular complexity index is 264. The Kier molecular flexibility index (Phi) is 1.89. The van der Waals surface area contributed by atoms with Gasteiger partial charge in [0.2, 0.25) is 0 Å². The van der Waals surface area contributed by atoms with E-state index < -0.39 is 0 Å². The van der Waals surface area contributed by atoms with Gasteiger partial charge in [-0.15, -0.1) is 0 Å². The fourth-order valence-electron chi connectivity index (χ4n) is 2.04. The maximum Gasteiger partial charge on any atom is 0.0525 e. The molecular formula is C9H15N3. The molecule has 3 nitrogen and oxygen atoms in total. The van der Waals surface area contributed by atoms with Crippen LogP contribution >= 0.6 is 0 Å². The summed E-state index contributed by atoms with van der Waals surface area (Å²) in [6, 6.07) is 0.252. The predicted octanol–water partition coefficient (Wildman–Crippen LogP) is 1.18. The summed E-state index contributed by atoms with van der Waals surface area (Å²) in [5, 5.41) is 7.09. The third-order valence-electron chi connectivity index (χ3n) is 2.73. The number of nitrogens with one attached hydrogen (secondary N) is 1. The Morgan fingerprint density at radius 1 is 1.75 bits per heavy atom. The minimum atomic E-state index is 0.252. The fourth-order valence-corrected chi connectivity index (χ4v) is 2.04. The molecule has 1 aromatic rings. The molecule has 0 aliphatic heterocycles. The number of aromatic amines is 1. The van der Waals surface area contributed by atoms with Gasteiger partial charge in [-0.25, -0.2) is 0 Å². The van der Waals surface area contributed by atoms with Gasteiger partial charge in [0.15, 0.2) is 0 Å². The van der Waals surface area contributed by atoms with Gasteiger partial charge in [-0.1, -0.05) is 0 Å². The molecule has 1 heterocycles. The lowest BCUT2D eigenvalue weighted by Crippen LogP contribution is -2.27. The second-order valence-corrected chi connectivity index (χ2v) is 3.66. The van der Waals surface area contributed by atoms with Crippen LogP contribution in [0.1, 0.15) is 36.9 Å². The number of nitrogens with zero attached hydrogens (tertiary/aromatic N) is 1. The summed E-state index contributed by atoms with van der Waals surface area (Å²) >= 11 is 0. The van der Waals surface area contributed by atoms with Gasteiger partial charge in [0.1, 0.15) is 0 Å². The third kappa shape index (κ3) is 1.14. The molecule has 1 aliphatic carbocycles. The molecule has 12 heavy (non-hydrogen) atoms. The lowest BCUT2D eigenvalue weighted by atomic mass is 9.83. The molecule has 0 saturated carbocycles. The first-order chi connectivity index (χ1) is 5.79. The summed E-state index contributed by atoms with van der Waals surface area (Å²) in [6.07, 6.45) is 5.52. The normalized spacial score (nSPS) is 25.0. The van der Waals surface area contributed by atoms with Crippen LogP contribution in [0.3, 0.4) is 0 Å². The van der Waals surface area contributed by atoms with E-state index in [2.05, 4.69) is 17.1 Å². The predicted molar refractivity (Wildman–Crippen MR) is 47.9 cm³/mol. The monoisotopic (exact) mass is 165 g/mol. The van der Waals surface area contributed by atoms with Crippen molar-refractivity contribution >= 4 is 0 Å². The molecule has 3 heteroatoms. The maximum atomic E-state index is 5.90. The number of rotatable bonds is 1. The first-order valence-electron chi connectivity index (χ1n) is 4.56. The van der Waals surface area contributed by atoms with Crippen LogP contribution in [0.2, 0.25) is 0 Å². The average molecular weight is 165 g/mol. The van der Waals surface area contributed by atoms with Gasteiger partial charge in [-0.05, 0) is 31.7 Å². The summed E-state index contributed by atoms with van der Waals surface area (Å²) in [6.45, 7) is 2.08. The Morgan fingerprint density at radius 2 is 2.58 bits per heavy atom. The zero-order valence-electron chi connectivity index (χ0n) is 7.38. The molecule has 0 spiro atoms. The summed E-state index contributed by atoms with van der Waals surface area (Å²) < 4.78 is 0. The molecule has 0 saturated heterocycles. The molecule has 2 atom stereocenters. The Morgan fingerprint density at radius 3 is 3.33 bits per heavy atom. The van der Waals surface area contributed by atoms with Crippen LogP contribution in [0.25, 0.3) is 0 Å². The van der Waals surface area contributed by atoms with Crippen LogP contribution in [0.15, 0.2) is 6.20 Å². The van der Waals surface area contributed by atoms with Crippen LogP contribution in [-0.2, 0) is 6.42 Å². The van der Waals surface area contributed by atoms with E-state index in [0.717, 1.165) is 6.42 Å². The van der Waals surface area contributed by atoms with Crippen molar-refractivity contribution < 1.29 is 0 Å². The standard InChI is InChI=1S/C9H15N3/c1-6(10)7-3-2-4-9-8(7)5-11-12-9/h5-7H,2-4,10H2,1H3,(H,11,12). The summed E-state index contributed by atoms with van der Waals surface area (Å²) in [5.74, 6) is 0.521. The van der Waals surface area contributed by atoms with Crippen LogP contribution in [0.4, 0.5) is 0 Å². The van der Waals surface area contributed by atoms with Crippen LogP contribution in [0.5, 0.6) is 0 Å². The molecule has 2 unspecified atom stereocenters. The van der Waals surface area contributed by atoms with Crippen molar-refractivity contribution in [3.63, 3.8) is 0 Å². The Hall–Kier alpha value is -0.830. The van der Waals surface area contributed by atoms with E-state index in [-0.39, 0.29) is 6.04 Å². The minimum Gasteiger partial charge on any atom is -0.327 e.